The van der Waals surface area contributed by atoms with Crippen LogP contribution in [-0.4, -0.2) is 41.6 Å². The number of nitrogens with zero attached hydrogens (tertiary/aromatic N) is 1. The highest BCUT2D eigenvalue weighted by molar-refractivity contribution is 7.99. The third kappa shape index (κ3) is 2.64. The van der Waals surface area contributed by atoms with Crippen LogP contribution in [0.4, 0.5) is 0 Å². The third-order valence-corrected chi connectivity index (χ3v) is 3.58. The molecule has 2 atom stereocenters. The number of amides is 1. The van der Waals surface area contributed by atoms with Gasteiger partial charge in [0.1, 0.15) is 0 Å². The van der Waals surface area contributed by atoms with Crippen LogP contribution in [0.2, 0.25) is 0 Å². The Morgan fingerprint density at radius 3 is 2.64 bits per heavy atom. The van der Waals surface area contributed by atoms with Gasteiger partial charge >= 0.3 is 0 Å². The summed E-state index contributed by atoms with van der Waals surface area (Å²) in [6.07, 6.45) is 2.08. The van der Waals surface area contributed by atoms with Gasteiger partial charge in [-0.1, -0.05) is 20.8 Å². The lowest BCUT2D eigenvalue weighted by Gasteiger charge is -2.19. The van der Waals surface area contributed by atoms with Crippen molar-refractivity contribution in [1.29, 1.82) is 0 Å². The summed E-state index contributed by atoms with van der Waals surface area (Å²) in [7, 11) is 0. The molecule has 1 rings (SSSR count). The molecule has 1 heterocycles. The first-order valence-corrected chi connectivity index (χ1v) is 6.40. The molecular weight excluding hydrogens is 196 g/mol. The maximum Gasteiger partial charge on any atom is 0.241 e. The normalized spacial score (nSPS) is 24.8. The fourth-order valence-corrected chi connectivity index (χ4v) is 1.96. The van der Waals surface area contributed by atoms with E-state index in [1.165, 1.54) is 0 Å². The molecule has 3 nitrogen and oxygen atoms in total. The van der Waals surface area contributed by atoms with Crippen molar-refractivity contribution in [2.45, 2.75) is 32.1 Å². The number of nitrogens with one attached hydrogen (secondary N) is 1. The summed E-state index contributed by atoms with van der Waals surface area (Å²) in [6.45, 7) is 7.89. The van der Waals surface area contributed by atoms with E-state index < -0.39 is 0 Å². The second-order valence-electron chi connectivity index (χ2n) is 4.19. The standard InChI is InChI=1S/C10H20N2OS/c1-7(2)9-10(13)12(6-11-9)5-8(3)14-4/h7-9,11H,5-6H2,1-4H3. The predicted molar refractivity (Wildman–Crippen MR) is 61.3 cm³/mol. The number of carbonyl (C=O) groups excluding carboxylic acids is 1. The first-order valence-electron chi connectivity index (χ1n) is 5.11. The van der Waals surface area contributed by atoms with Gasteiger partial charge < -0.3 is 4.90 Å². The van der Waals surface area contributed by atoms with Gasteiger partial charge in [0.25, 0.3) is 0 Å². The van der Waals surface area contributed by atoms with Gasteiger partial charge in [-0.3, -0.25) is 10.1 Å². The monoisotopic (exact) mass is 216 g/mol. The number of thioether (sulfide) groups is 1. The minimum atomic E-state index is 0.0315. The molecule has 0 aromatic rings. The van der Waals surface area contributed by atoms with Gasteiger partial charge in [-0.25, -0.2) is 0 Å². The summed E-state index contributed by atoms with van der Waals surface area (Å²) in [5.41, 5.74) is 0. The van der Waals surface area contributed by atoms with Crippen LogP contribution in [0.3, 0.4) is 0 Å². The van der Waals surface area contributed by atoms with Crippen molar-refractivity contribution in [3.05, 3.63) is 0 Å². The number of rotatable bonds is 4. The molecule has 2 unspecified atom stereocenters. The first kappa shape index (κ1) is 11.9. The highest BCUT2D eigenvalue weighted by atomic mass is 32.2. The summed E-state index contributed by atoms with van der Waals surface area (Å²) in [4.78, 5) is 13.8. The van der Waals surface area contributed by atoms with Crippen molar-refractivity contribution in [3.8, 4) is 0 Å². The van der Waals surface area contributed by atoms with Crippen molar-refractivity contribution in [1.82, 2.24) is 10.2 Å². The SMILES string of the molecule is CSC(C)CN1CNC(C(C)C)C1=O. The van der Waals surface area contributed by atoms with Crippen LogP contribution in [0.5, 0.6) is 0 Å². The molecule has 14 heavy (non-hydrogen) atoms. The highest BCUT2D eigenvalue weighted by Crippen LogP contribution is 2.15. The largest absolute Gasteiger partial charge is 0.327 e. The predicted octanol–water partition coefficient (Wildman–Crippen LogP) is 1.15. The van der Waals surface area contributed by atoms with Crippen LogP contribution in [-0.2, 0) is 4.79 Å². The highest BCUT2D eigenvalue weighted by Gasteiger charge is 2.33. The molecule has 0 aliphatic carbocycles. The molecular formula is C10H20N2OS. The molecule has 0 aromatic heterocycles. The van der Waals surface area contributed by atoms with Gasteiger partial charge in [0.2, 0.25) is 5.91 Å². The topological polar surface area (TPSA) is 32.3 Å². The lowest BCUT2D eigenvalue weighted by atomic mass is 10.1. The minimum absolute atomic E-state index is 0.0315. The summed E-state index contributed by atoms with van der Waals surface area (Å²) in [6, 6.07) is 0.0315. The molecule has 0 aromatic carbocycles. The van der Waals surface area contributed by atoms with Crippen LogP contribution in [0, 0.1) is 5.92 Å². The van der Waals surface area contributed by atoms with Crippen LogP contribution in [0.1, 0.15) is 20.8 Å². The summed E-state index contributed by atoms with van der Waals surface area (Å²) in [5.74, 6) is 0.651. The first-order chi connectivity index (χ1) is 6.56. The lowest BCUT2D eigenvalue weighted by molar-refractivity contribution is -0.129. The third-order valence-electron chi connectivity index (χ3n) is 2.63. The molecule has 1 amide bonds. The number of hydrogen-bond acceptors (Lipinski definition) is 3. The average Bonchev–Trinajstić information content (AvgIpc) is 2.48. The van der Waals surface area contributed by atoms with Gasteiger partial charge in [-0.05, 0) is 12.2 Å². The Morgan fingerprint density at radius 2 is 2.21 bits per heavy atom. The minimum Gasteiger partial charge on any atom is -0.327 e. The number of carbonyl (C=O) groups is 1. The van der Waals surface area contributed by atoms with E-state index in [2.05, 4.69) is 32.3 Å². The second kappa shape index (κ2) is 5.03. The molecule has 0 spiro atoms. The summed E-state index contributed by atoms with van der Waals surface area (Å²) < 4.78 is 0. The van der Waals surface area contributed by atoms with Gasteiger partial charge in [0, 0.05) is 11.8 Å². The van der Waals surface area contributed by atoms with E-state index in [0.29, 0.717) is 17.8 Å². The Balaban J connectivity index is 2.47. The molecule has 0 saturated carbocycles. The fraction of sp³-hybridized carbons (Fsp3) is 0.900. The Morgan fingerprint density at radius 1 is 1.57 bits per heavy atom. The zero-order valence-corrected chi connectivity index (χ0v) is 10.2. The van der Waals surface area contributed by atoms with Crippen molar-refractivity contribution < 1.29 is 4.79 Å². The summed E-state index contributed by atoms with van der Waals surface area (Å²) >= 11 is 1.80. The van der Waals surface area contributed by atoms with Gasteiger partial charge in [0.05, 0.1) is 12.7 Å². The van der Waals surface area contributed by atoms with E-state index in [0.717, 1.165) is 6.54 Å². The van der Waals surface area contributed by atoms with E-state index in [-0.39, 0.29) is 11.9 Å². The van der Waals surface area contributed by atoms with Crippen LogP contribution in [0.25, 0.3) is 0 Å². The maximum absolute atomic E-state index is 11.9. The van der Waals surface area contributed by atoms with E-state index in [4.69, 9.17) is 0 Å². The molecule has 0 radical (unpaired) electrons. The van der Waals surface area contributed by atoms with Crippen molar-refractivity contribution in [2.75, 3.05) is 19.5 Å². The molecule has 1 aliphatic heterocycles. The van der Waals surface area contributed by atoms with Gasteiger partial charge in [0.15, 0.2) is 0 Å². The maximum atomic E-state index is 11.9. The molecule has 1 N–H and O–H groups in total. The quantitative estimate of drug-likeness (QED) is 0.765. The Hall–Kier alpha value is -0.220. The molecule has 0 bridgehead atoms. The van der Waals surface area contributed by atoms with E-state index in [1.54, 1.807) is 11.8 Å². The fourth-order valence-electron chi connectivity index (χ4n) is 1.63. The Kier molecular flexibility index (Phi) is 4.26. The van der Waals surface area contributed by atoms with Gasteiger partial charge in [-0.15, -0.1) is 0 Å². The van der Waals surface area contributed by atoms with Crippen molar-refractivity contribution >= 4 is 17.7 Å². The molecule has 82 valence electrons. The van der Waals surface area contributed by atoms with Gasteiger partial charge in [-0.2, -0.15) is 11.8 Å². The van der Waals surface area contributed by atoms with Crippen LogP contribution >= 0.6 is 11.8 Å². The zero-order valence-electron chi connectivity index (χ0n) is 9.41. The zero-order chi connectivity index (χ0) is 10.7. The molecule has 1 fully saturated rings. The smallest absolute Gasteiger partial charge is 0.241 e. The van der Waals surface area contributed by atoms with E-state index >= 15 is 0 Å². The second-order valence-corrected chi connectivity index (χ2v) is 5.47. The Bertz CT molecular complexity index is 208. The van der Waals surface area contributed by atoms with E-state index in [1.807, 2.05) is 4.90 Å². The van der Waals surface area contributed by atoms with E-state index in [9.17, 15) is 4.79 Å². The average molecular weight is 216 g/mol. The molecule has 1 saturated heterocycles. The van der Waals surface area contributed by atoms with Crippen molar-refractivity contribution in [3.63, 3.8) is 0 Å². The molecule has 1 aliphatic rings. The van der Waals surface area contributed by atoms with Crippen LogP contribution < -0.4 is 5.32 Å². The number of hydrogen-bond donors (Lipinski definition) is 1. The lowest BCUT2D eigenvalue weighted by Crippen LogP contribution is -2.36. The van der Waals surface area contributed by atoms with Crippen molar-refractivity contribution in [2.24, 2.45) is 5.92 Å². The Labute approximate surface area is 90.6 Å². The summed E-state index contributed by atoms with van der Waals surface area (Å²) in [5, 5.41) is 3.77. The molecule has 4 heteroatoms. The van der Waals surface area contributed by atoms with Crippen LogP contribution in [0.15, 0.2) is 0 Å².